The number of carbonyl (C=O) groups is 3. The third-order valence-electron chi connectivity index (χ3n) is 5.55. The summed E-state index contributed by atoms with van der Waals surface area (Å²) in [5, 5.41) is 5.70. The molecule has 1 unspecified atom stereocenters. The second kappa shape index (κ2) is 11.5. The highest BCUT2D eigenvalue weighted by molar-refractivity contribution is 5.97. The number of hydrogen-bond donors (Lipinski definition) is 2. The molecule has 2 aromatic carbocycles. The Balaban J connectivity index is 1.54. The molecule has 0 spiro atoms. The van der Waals surface area contributed by atoms with Gasteiger partial charge >= 0.3 is 5.97 Å². The average Bonchev–Trinajstić information content (AvgIpc) is 3.65. The number of esters is 1. The molecule has 2 atom stereocenters. The maximum atomic E-state index is 12.7. The average molecular weight is 453 g/mol. The van der Waals surface area contributed by atoms with E-state index in [1.165, 1.54) is 0 Å². The zero-order chi connectivity index (χ0) is 23.8. The van der Waals surface area contributed by atoms with Gasteiger partial charge in [0.15, 0.2) is 6.61 Å². The fourth-order valence-corrected chi connectivity index (χ4v) is 3.60. The highest BCUT2D eigenvalue weighted by Gasteiger charge is 2.34. The van der Waals surface area contributed by atoms with Crippen molar-refractivity contribution in [1.82, 2.24) is 10.6 Å². The second-order valence-corrected chi connectivity index (χ2v) is 8.55. The van der Waals surface area contributed by atoms with Gasteiger partial charge in [-0.2, -0.15) is 0 Å². The van der Waals surface area contributed by atoms with Crippen LogP contribution in [-0.2, 0) is 14.3 Å². The third kappa shape index (κ3) is 7.07. The largest absolute Gasteiger partial charge is 0.494 e. The van der Waals surface area contributed by atoms with Crippen LogP contribution in [0, 0.1) is 11.8 Å². The van der Waals surface area contributed by atoms with E-state index in [1.807, 2.05) is 51.1 Å². The monoisotopic (exact) mass is 452 g/mol. The fourth-order valence-electron chi connectivity index (χ4n) is 3.60. The number of rotatable bonds is 11. The first-order valence-corrected chi connectivity index (χ1v) is 11.4. The number of ether oxygens (including phenoxy) is 2. The maximum Gasteiger partial charge on any atom is 0.329 e. The van der Waals surface area contributed by atoms with Crippen molar-refractivity contribution in [2.75, 3.05) is 13.2 Å². The fraction of sp³-hybridized carbons (Fsp3) is 0.423. The van der Waals surface area contributed by atoms with Crippen molar-refractivity contribution in [1.29, 1.82) is 0 Å². The number of hydrogen-bond acceptors (Lipinski definition) is 5. The first-order valence-electron chi connectivity index (χ1n) is 11.4. The molecular weight excluding hydrogens is 420 g/mol. The third-order valence-corrected chi connectivity index (χ3v) is 5.55. The van der Waals surface area contributed by atoms with Gasteiger partial charge in [-0.3, -0.25) is 9.59 Å². The zero-order valence-electron chi connectivity index (χ0n) is 19.4. The summed E-state index contributed by atoms with van der Waals surface area (Å²) in [5.41, 5.74) is 1.45. The van der Waals surface area contributed by atoms with E-state index in [2.05, 4.69) is 10.6 Å². The molecule has 0 aliphatic heterocycles. The van der Waals surface area contributed by atoms with Crippen LogP contribution in [-0.4, -0.2) is 37.0 Å². The van der Waals surface area contributed by atoms with Crippen LogP contribution >= 0.6 is 0 Å². The Labute approximate surface area is 194 Å². The van der Waals surface area contributed by atoms with Crippen LogP contribution in [0.1, 0.15) is 55.6 Å². The molecule has 2 N–H and O–H groups in total. The van der Waals surface area contributed by atoms with Crippen molar-refractivity contribution in [3.05, 3.63) is 65.7 Å². The van der Waals surface area contributed by atoms with E-state index >= 15 is 0 Å². The first-order chi connectivity index (χ1) is 15.9. The summed E-state index contributed by atoms with van der Waals surface area (Å²) >= 11 is 0. The Bertz CT molecular complexity index is 939. The van der Waals surface area contributed by atoms with E-state index in [1.54, 1.807) is 24.3 Å². The molecule has 1 fully saturated rings. The van der Waals surface area contributed by atoms with Gasteiger partial charge in [0.2, 0.25) is 0 Å². The summed E-state index contributed by atoms with van der Waals surface area (Å²) < 4.78 is 10.6. The Kier molecular flexibility index (Phi) is 8.46. The number of carbonyl (C=O) groups excluding carboxylic acids is 3. The molecule has 0 aromatic heterocycles. The van der Waals surface area contributed by atoms with Crippen LogP contribution in [0.25, 0.3) is 0 Å². The molecule has 2 amide bonds. The minimum atomic E-state index is -0.870. The van der Waals surface area contributed by atoms with Gasteiger partial charge in [0.25, 0.3) is 11.8 Å². The molecular formula is C26H32N2O5. The first kappa shape index (κ1) is 24.3. The summed E-state index contributed by atoms with van der Waals surface area (Å²) in [6.07, 6.45) is 2.12. The van der Waals surface area contributed by atoms with E-state index in [9.17, 15) is 14.4 Å². The van der Waals surface area contributed by atoms with Crippen LogP contribution in [0.3, 0.4) is 0 Å². The van der Waals surface area contributed by atoms with E-state index < -0.39 is 24.5 Å². The Morgan fingerprint density at radius 3 is 2.21 bits per heavy atom. The number of amides is 2. The van der Waals surface area contributed by atoms with Gasteiger partial charge in [0, 0.05) is 5.56 Å². The summed E-state index contributed by atoms with van der Waals surface area (Å²) in [5.74, 6) is -0.526. The molecule has 33 heavy (non-hydrogen) atoms. The molecule has 1 aliphatic carbocycles. The molecule has 7 heteroatoms. The lowest BCUT2D eigenvalue weighted by Gasteiger charge is -2.22. The minimum absolute atomic E-state index is 0.0855. The van der Waals surface area contributed by atoms with Gasteiger partial charge in [0.05, 0.1) is 12.6 Å². The van der Waals surface area contributed by atoms with Crippen molar-refractivity contribution in [3.63, 3.8) is 0 Å². The predicted molar refractivity (Wildman–Crippen MR) is 125 cm³/mol. The van der Waals surface area contributed by atoms with Crippen LogP contribution in [0.5, 0.6) is 5.75 Å². The number of benzene rings is 2. The zero-order valence-corrected chi connectivity index (χ0v) is 19.4. The Morgan fingerprint density at radius 1 is 0.970 bits per heavy atom. The molecule has 0 radical (unpaired) electrons. The van der Waals surface area contributed by atoms with Crippen LogP contribution in [0.4, 0.5) is 0 Å². The van der Waals surface area contributed by atoms with Gasteiger partial charge in [-0.05, 0) is 61.4 Å². The van der Waals surface area contributed by atoms with E-state index in [4.69, 9.17) is 9.47 Å². The van der Waals surface area contributed by atoms with Gasteiger partial charge < -0.3 is 20.1 Å². The van der Waals surface area contributed by atoms with Crippen LogP contribution in [0.2, 0.25) is 0 Å². The standard InChI is InChI=1S/C26H32N2O5/c1-4-32-21-14-12-20(13-15-21)25(30)28-23(17(2)3)26(31)33-16-22(29)27-24(19-10-11-19)18-8-6-5-7-9-18/h5-9,12-15,17,19,23-24H,4,10-11,16H2,1-3H3,(H,27,29)(H,28,30)/t23-,24?/m0/s1. The predicted octanol–water partition coefficient (Wildman–Crippen LogP) is 3.65. The van der Waals surface area contributed by atoms with Gasteiger partial charge in [-0.25, -0.2) is 4.79 Å². The van der Waals surface area contributed by atoms with Crippen molar-refractivity contribution < 1.29 is 23.9 Å². The Morgan fingerprint density at radius 2 is 1.64 bits per heavy atom. The topological polar surface area (TPSA) is 93.7 Å². The lowest BCUT2D eigenvalue weighted by Crippen LogP contribution is -2.46. The normalized spacial score (nSPS) is 14.8. The lowest BCUT2D eigenvalue weighted by atomic mass is 10.0. The highest BCUT2D eigenvalue weighted by Crippen LogP contribution is 2.40. The van der Waals surface area contributed by atoms with Gasteiger partial charge in [0.1, 0.15) is 11.8 Å². The molecule has 1 saturated carbocycles. The summed E-state index contributed by atoms with van der Waals surface area (Å²) in [6, 6.07) is 15.5. The molecule has 7 nitrogen and oxygen atoms in total. The lowest BCUT2D eigenvalue weighted by molar-refractivity contribution is -0.151. The molecule has 0 heterocycles. The maximum absolute atomic E-state index is 12.7. The van der Waals surface area contributed by atoms with Crippen LogP contribution in [0.15, 0.2) is 54.6 Å². The summed E-state index contributed by atoms with van der Waals surface area (Å²) in [4.78, 5) is 37.8. The van der Waals surface area contributed by atoms with Crippen molar-refractivity contribution in [2.24, 2.45) is 11.8 Å². The van der Waals surface area contributed by atoms with Gasteiger partial charge in [-0.15, -0.1) is 0 Å². The van der Waals surface area contributed by atoms with Crippen LogP contribution < -0.4 is 15.4 Å². The summed E-state index contributed by atoms with van der Waals surface area (Å²) in [6.45, 7) is 5.64. The Hall–Kier alpha value is -3.35. The molecule has 0 bridgehead atoms. The smallest absolute Gasteiger partial charge is 0.329 e. The van der Waals surface area contributed by atoms with Crippen molar-refractivity contribution in [3.8, 4) is 5.75 Å². The highest BCUT2D eigenvalue weighted by atomic mass is 16.5. The molecule has 2 aromatic rings. The summed E-state index contributed by atoms with van der Waals surface area (Å²) in [7, 11) is 0. The van der Waals surface area contributed by atoms with E-state index in [-0.39, 0.29) is 17.9 Å². The van der Waals surface area contributed by atoms with Crippen molar-refractivity contribution in [2.45, 2.75) is 45.7 Å². The van der Waals surface area contributed by atoms with E-state index in [0.717, 1.165) is 18.4 Å². The quantitative estimate of drug-likeness (QED) is 0.508. The van der Waals surface area contributed by atoms with Gasteiger partial charge in [-0.1, -0.05) is 44.2 Å². The molecule has 3 rings (SSSR count). The van der Waals surface area contributed by atoms with Crippen molar-refractivity contribution >= 4 is 17.8 Å². The minimum Gasteiger partial charge on any atom is -0.494 e. The molecule has 176 valence electrons. The SMILES string of the molecule is CCOc1ccc(C(=O)N[C@H](C(=O)OCC(=O)NC(c2ccccc2)C2CC2)C(C)C)cc1. The number of nitrogens with one attached hydrogen (secondary N) is 2. The van der Waals surface area contributed by atoms with E-state index in [0.29, 0.717) is 23.8 Å². The molecule has 1 aliphatic rings. The second-order valence-electron chi connectivity index (χ2n) is 8.55. The molecule has 0 saturated heterocycles.